The maximum absolute atomic E-state index is 12.2. The highest BCUT2D eigenvalue weighted by Crippen LogP contribution is 2.51. The van der Waals surface area contributed by atoms with E-state index in [1.54, 1.807) is 20.8 Å². The van der Waals surface area contributed by atoms with Crippen LogP contribution in [0.1, 0.15) is 47.5 Å². The molecule has 0 aromatic heterocycles. The topological polar surface area (TPSA) is 114 Å². The normalized spacial score (nSPS) is 33.3. The Morgan fingerprint density at radius 1 is 1.33 bits per heavy atom. The van der Waals surface area contributed by atoms with Crippen molar-refractivity contribution in [2.75, 3.05) is 6.61 Å². The van der Waals surface area contributed by atoms with Crippen molar-refractivity contribution in [2.45, 2.75) is 77.1 Å². The minimum Gasteiger partial charge on any atom is -0.463 e. The molecule has 0 aromatic rings. The molecule has 1 aliphatic heterocycles. The van der Waals surface area contributed by atoms with Crippen LogP contribution in [0.15, 0.2) is 12.2 Å². The van der Waals surface area contributed by atoms with Crippen molar-refractivity contribution in [3.8, 4) is 0 Å². The van der Waals surface area contributed by atoms with Crippen LogP contribution in [0.3, 0.4) is 0 Å². The first kappa shape index (κ1) is 21.3. The lowest BCUT2D eigenvalue weighted by atomic mass is 9.78. The summed E-state index contributed by atoms with van der Waals surface area (Å²) < 4.78 is 22.2. The van der Waals surface area contributed by atoms with E-state index in [0.717, 1.165) is 0 Å². The minimum atomic E-state index is -1.63. The van der Waals surface area contributed by atoms with Crippen molar-refractivity contribution < 1.29 is 33.5 Å². The Balaban J connectivity index is 2.48. The van der Waals surface area contributed by atoms with Gasteiger partial charge in [-0.25, -0.2) is 0 Å². The van der Waals surface area contributed by atoms with Gasteiger partial charge in [0.25, 0.3) is 5.54 Å². The van der Waals surface area contributed by atoms with Gasteiger partial charge in [0.15, 0.2) is 0 Å². The molecule has 0 unspecified atom stereocenters. The molecule has 5 atom stereocenters. The molecule has 1 aliphatic carbocycles. The summed E-state index contributed by atoms with van der Waals surface area (Å²) in [7, 11) is 0. The van der Waals surface area contributed by atoms with Crippen LogP contribution < -0.4 is 0 Å². The Hall–Kier alpha value is -2.00. The summed E-state index contributed by atoms with van der Waals surface area (Å²) in [5, 5.41) is 12.2. The first-order valence-corrected chi connectivity index (χ1v) is 8.82. The van der Waals surface area contributed by atoms with Crippen molar-refractivity contribution in [1.29, 1.82) is 0 Å². The zero-order valence-corrected chi connectivity index (χ0v) is 16.4. The van der Waals surface area contributed by atoms with Crippen LogP contribution in [-0.2, 0) is 28.5 Å². The van der Waals surface area contributed by atoms with E-state index in [1.165, 1.54) is 13.8 Å². The molecule has 27 heavy (non-hydrogen) atoms. The lowest BCUT2D eigenvalue weighted by Gasteiger charge is -2.46. The largest absolute Gasteiger partial charge is 0.463 e. The number of hydrogen-bond acceptors (Lipinski definition) is 8. The number of ether oxygens (including phenoxy) is 4. The predicted molar refractivity (Wildman–Crippen MR) is 93.3 cm³/mol. The lowest BCUT2D eigenvalue weighted by Crippen LogP contribution is -2.67. The second-order valence-electron chi connectivity index (χ2n) is 8.10. The summed E-state index contributed by atoms with van der Waals surface area (Å²) in [6.07, 6.45) is -2.68. The zero-order chi connectivity index (χ0) is 20.6. The fourth-order valence-corrected chi connectivity index (χ4v) is 3.78. The number of esters is 2. The van der Waals surface area contributed by atoms with Crippen molar-refractivity contribution in [1.82, 2.24) is 0 Å². The van der Waals surface area contributed by atoms with Gasteiger partial charge in [-0.15, -0.1) is 0 Å². The lowest BCUT2D eigenvalue weighted by molar-refractivity contribution is -0.620. The Bertz CT molecular complexity index is 640. The third-order valence-corrected chi connectivity index (χ3v) is 4.71. The van der Waals surface area contributed by atoms with Gasteiger partial charge in [0.1, 0.15) is 18.8 Å². The van der Waals surface area contributed by atoms with Crippen LogP contribution in [0.4, 0.5) is 0 Å². The van der Waals surface area contributed by atoms with Crippen LogP contribution in [0, 0.1) is 16.0 Å². The molecule has 9 nitrogen and oxygen atoms in total. The highest BCUT2D eigenvalue weighted by molar-refractivity contribution is 5.66. The van der Waals surface area contributed by atoms with E-state index in [-0.39, 0.29) is 13.0 Å². The number of nitrogens with zero attached hydrogens (tertiary/aromatic N) is 1. The van der Waals surface area contributed by atoms with E-state index in [1.807, 2.05) is 0 Å². The maximum atomic E-state index is 12.2. The molecule has 2 rings (SSSR count). The van der Waals surface area contributed by atoms with E-state index in [9.17, 15) is 19.7 Å². The van der Waals surface area contributed by atoms with E-state index in [4.69, 9.17) is 18.9 Å². The van der Waals surface area contributed by atoms with Crippen molar-refractivity contribution >= 4 is 11.9 Å². The standard InChI is InChI=1S/C18H27NO8/c1-10-7-13-15(25-12(3)21)14(9-24-11(2)20)26-16(27-17(4,5)6)18(13,8-10)19(22)23/h13-16H,1,7-9H2,2-6H3/t13-,14+,15-,16+,18+/m0/s1. The molecule has 2 aliphatic rings. The van der Waals surface area contributed by atoms with Gasteiger partial charge in [0, 0.05) is 25.2 Å². The van der Waals surface area contributed by atoms with Crippen molar-refractivity contribution in [2.24, 2.45) is 5.92 Å². The van der Waals surface area contributed by atoms with Crippen molar-refractivity contribution in [3.63, 3.8) is 0 Å². The van der Waals surface area contributed by atoms with Gasteiger partial charge in [0.2, 0.25) is 6.29 Å². The molecule has 0 amide bonds. The molecule has 9 heteroatoms. The molecule has 1 saturated carbocycles. The van der Waals surface area contributed by atoms with Gasteiger partial charge >= 0.3 is 11.9 Å². The van der Waals surface area contributed by atoms with Crippen LogP contribution >= 0.6 is 0 Å². The average Bonchev–Trinajstić information content (AvgIpc) is 2.85. The maximum Gasteiger partial charge on any atom is 0.303 e. The molecule has 152 valence electrons. The quantitative estimate of drug-likeness (QED) is 0.305. The molecule has 0 bridgehead atoms. The number of nitro groups is 1. The highest BCUT2D eigenvalue weighted by atomic mass is 16.7. The minimum absolute atomic E-state index is 0.0590. The summed E-state index contributed by atoms with van der Waals surface area (Å²) in [5.74, 6) is -1.83. The Kier molecular flexibility index (Phi) is 5.96. The SMILES string of the molecule is C=C1C[C@H]2[C@H](OC(C)=O)[C@@H](COC(C)=O)O[C@H](OC(C)(C)C)[C@@]2([N+](=O)[O-])C1. The summed E-state index contributed by atoms with van der Waals surface area (Å²) in [6, 6.07) is 0. The van der Waals surface area contributed by atoms with Crippen LogP contribution in [-0.4, -0.2) is 53.1 Å². The molecule has 0 aromatic carbocycles. The molecule has 1 saturated heterocycles. The first-order valence-electron chi connectivity index (χ1n) is 8.82. The molecule has 0 N–H and O–H groups in total. The van der Waals surface area contributed by atoms with Gasteiger partial charge in [-0.1, -0.05) is 12.2 Å². The second-order valence-corrected chi connectivity index (χ2v) is 8.10. The fourth-order valence-electron chi connectivity index (χ4n) is 3.78. The fraction of sp³-hybridized carbons (Fsp3) is 0.778. The second kappa shape index (κ2) is 7.55. The van der Waals surface area contributed by atoms with E-state index in [0.29, 0.717) is 12.0 Å². The van der Waals surface area contributed by atoms with Crippen LogP contribution in [0.5, 0.6) is 0 Å². The summed E-state index contributed by atoms with van der Waals surface area (Å²) in [5.41, 5.74) is -1.69. The Labute approximate surface area is 158 Å². The van der Waals surface area contributed by atoms with E-state index >= 15 is 0 Å². The number of fused-ring (bicyclic) bond motifs is 1. The van der Waals surface area contributed by atoms with Gasteiger partial charge in [-0.2, -0.15) is 0 Å². The number of rotatable bonds is 5. The number of carbonyl (C=O) groups is 2. The zero-order valence-electron chi connectivity index (χ0n) is 16.4. The Morgan fingerprint density at radius 3 is 2.44 bits per heavy atom. The third kappa shape index (κ3) is 4.47. The Morgan fingerprint density at radius 2 is 1.96 bits per heavy atom. The summed E-state index contributed by atoms with van der Waals surface area (Å²) in [6.45, 7) is 11.5. The molecule has 1 heterocycles. The number of carbonyl (C=O) groups excluding carboxylic acids is 2. The average molecular weight is 385 g/mol. The summed E-state index contributed by atoms with van der Waals surface area (Å²) >= 11 is 0. The van der Waals surface area contributed by atoms with E-state index in [2.05, 4.69) is 6.58 Å². The molecule has 0 spiro atoms. The molecular weight excluding hydrogens is 358 g/mol. The van der Waals surface area contributed by atoms with Gasteiger partial charge < -0.3 is 18.9 Å². The monoisotopic (exact) mass is 385 g/mol. The van der Waals surface area contributed by atoms with Gasteiger partial charge in [-0.3, -0.25) is 19.7 Å². The van der Waals surface area contributed by atoms with Crippen LogP contribution in [0.25, 0.3) is 0 Å². The van der Waals surface area contributed by atoms with Crippen molar-refractivity contribution in [3.05, 3.63) is 22.3 Å². The highest BCUT2D eigenvalue weighted by Gasteiger charge is 2.70. The molecule has 2 fully saturated rings. The third-order valence-electron chi connectivity index (χ3n) is 4.71. The molecule has 0 radical (unpaired) electrons. The first-order chi connectivity index (χ1) is 12.4. The summed E-state index contributed by atoms with van der Waals surface area (Å²) in [4.78, 5) is 34.6. The predicted octanol–water partition coefficient (Wildman–Crippen LogP) is 2.00. The smallest absolute Gasteiger partial charge is 0.303 e. The number of hydrogen-bond donors (Lipinski definition) is 0. The van der Waals surface area contributed by atoms with E-state index < -0.39 is 52.4 Å². The van der Waals surface area contributed by atoms with Gasteiger partial charge in [0.05, 0.1) is 11.5 Å². The van der Waals surface area contributed by atoms with Gasteiger partial charge in [-0.05, 0) is 27.2 Å². The molecular formula is C18H27NO8. The van der Waals surface area contributed by atoms with Crippen LogP contribution in [0.2, 0.25) is 0 Å².